The number of rotatable bonds is 12. The number of ether oxygens (including phenoxy) is 1. The lowest BCUT2D eigenvalue weighted by molar-refractivity contribution is -0.120. The first-order valence-electron chi connectivity index (χ1n) is 13.0. The number of nitrogens with one attached hydrogen (secondary N) is 2. The molecule has 39 heavy (non-hydrogen) atoms. The quantitative estimate of drug-likeness (QED) is 0.270. The minimum Gasteiger partial charge on any atom is -0.476 e. The van der Waals surface area contributed by atoms with Crippen molar-refractivity contribution < 1.29 is 27.9 Å². The molecule has 3 aromatic rings. The standard InChI is InChI=1S/C28H36N4O6S/c1-7-18(5)31-39(36,37)24-16-21(29-26(33)20(8-2)9-3)12-15-23(24)38-27-19(6)25(28(34)35)30-32(27)22-13-10-17(4)11-14-22/h10-16,18,20,31H,7-9H2,1-6H3,(H,29,33)(H,34,35)/t18-/m0/s1. The van der Waals surface area contributed by atoms with Crippen LogP contribution >= 0.6 is 0 Å². The average molecular weight is 557 g/mol. The van der Waals surface area contributed by atoms with Crippen molar-refractivity contribution in [3.05, 3.63) is 59.3 Å². The monoisotopic (exact) mass is 556 g/mol. The van der Waals surface area contributed by atoms with E-state index in [1.807, 2.05) is 39.8 Å². The summed E-state index contributed by atoms with van der Waals surface area (Å²) in [6.45, 7) is 10.9. The second-order valence-electron chi connectivity index (χ2n) is 9.53. The first kappa shape index (κ1) is 29.9. The van der Waals surface area contributed by atoms with Gasteiger partial charge in [-0.3, -0.25) is 4.79 Å². The van der Waals surface area contributed by atoms with Crippen LogP contribution in [0, 0.1) is 19.8 Å². The summed E-state index contributed by atoms with van der Waals surface area (Å²) < 4.78 is 37.0. The van der Waals surface area contributed by atoms with Gasteiger partial charge in [0.2, 0.25) is 21.8 Å². The Morgan fingerprint density at radius 2 is 1.67 bits per heavy atom. The van der Waals surface area contributed by atoms with Gasteiger partial charge in [-0.1, -0.05) is 38.5 Å². The molecule has 210 valence electrons. The number of carboxylic acid groups (broad SMARTS) is 1. The van der Waals surface area contributed by atoms with E-state index in [1.54, 1.807) is 32.0 Å². The molecule has 3 N–H and O–H groups in total. The molecule has 0 fully saturated rings. The number of carboxylic acids is 1. The first-order chi connectivity index (χ1) is 18.4. The summed E-state index contributed by atoms with van der Waals surface area (Å²) in [5.41, 5.74) is 1.86. The van der Waals surface area contributed by atoms with Crippen molar-refractivity contribution in [3.8, 4) is 17.3 Å². The number of carbonyl (C=O) groups is 2. The van der Waals surface area contributed by atoms with Gasteiger partial charge in [0.15, 0.2) is 5.69 Å². The van der Waals surface area contributed by atoms with Gasteiger partial charge in [-0.25, -0.2) is 17.9 Å². The topological polar surface area (TPSA) is 140 Å². The third-order valence-corrected chi connectivity index (χ3v) is 8.19. The molecule has 3 rings (SSSR count). The number of carbonyl (C=O) groups excluding carboxylic acids is 1. The highest BCUT2D eigenvalue weighted by Crippen LogP contribution is 2.35. The Labute approximate surface area is 229 Å². The largest absolute Gasteiger partial charge is 0.476 e. The third-order valence-electron chi connectivity index (χ3n) is 6.58. The van der Waals surface area contributed by atoms with Crippen LogP contribution in [0.4, 0.5) is 5.69 Å². The number of benzene rings is 2. The Balaban J connectivity index is 2.15. The second kappa shape index (κ2) is 12.4. The van der Waals surface area contributed by atoms with Crippen LogP contribution < -0.4 is 14.8 Å². The molecule has 0 aliphatic rings. The van der Waals surface area contributed by atoms with E-state index in [-0.39, 0.29) is 45.6 Å². The lowest BCUT2D eigenvalue weighted by Crippen LogP contribution is -2.32. The number of aromatic carboxylic acids is 1. The van der Waals surface area contributed by atoms with Crippen LogP contribution in [0.3, 0.4) is 0 Å². The maximum atomic E-state index is 13.5. The molecule has 0 spiro atoms. The Morgan fingerprint density at radius 3 is 2.23 bits per heavy atom. The van der Waals surface area contributed by atoms with Crippen molar-refractivity contribution in [3.63, 3.8) is 0 Å². The summed E-state index contributed by atoms with van der Waals surface area (Å²) in [6.07, 6.45) is 1.86. The van der Waals surface area contributed by atoms with E-state index < -0.39 is 16.0 Å². The van der Waals surface area contributed by atoms with E-state index in [0.717, 1.165) is 5.56 Å². The van der Waals surface area contributed by atoms with Crippen LogP contribution in [0.25, 0.3) is 5.69 Å². The number of nitrogens with zero attached hydrogens (tertiary/aromatic N) is 2. The molecular formula is C28H36N4O6S. The van der Waals surface area contributed by atoms with Crippen LogP contribution in [0.5, 0.6) is 11.6 Å². The molecule has 1 heterocycles. The summed E-state index contributed by atoms with van der Waals surface area (Å²) in [6, 6.07) is 11.2. The fraction of sp³-hybridized carbons (Fsp3) is 0.393. The van der Waals surface area contributed by atoms with Crippen LogP contribution in [0.1, 0.15) is 68.6 Å². The highest BCUT2D eigenvalue weighted by Gasteiger charge is 2.27. The minimum absolute atomic E-state index is 0.0420. The molecule has 1 amide bonds. The summed E-state index contributed by atoms with van der Waals surface area (Å²) in [7, 11) is -4.09. The lowest BCUT2D eigenvalue weighted by Gasteiger charge is -2.18. The van der Waals surface area contributed by atoms with Gasteiger partial charge in [0.25, 0.3) is 0 Å². The SMILES string of the molecule is CCC(CC)C(=O)Nc1ccc(Oc2c(C)c(C(=O)O)nn2-c2ccc(C)cc2)c(S(=O)(=O)N[C@@H](C)CC)c1. The van der Waals surface area contributed by atoms with Crippen LogP contribution in [0.2, 0.25) is 0 Å². The highest BCUT2D eigenvalue weighted by atomic mass is 32.2. The number of anilines is 1. The third kappa shape index (κ3) is 6.85. The van der Waals surface area contributed by atoms with Gasteiger partial charge in [0.1, 0.15) is 10.6 Å². The van der Waals surface area contributed by atoms with E-state index >= 15 is 0 Å². The Morgan fingerprint density at radius 1 is 1.03 bits per heavy atom. The molecule has 2 aromatic carbocycles. The van der Waals surface area contributed by atoms with E-state index in [4.69, 9.17) is 4.74 Å². The number of hydrogen-bond acceptors (Lipinski definition) is 6. The second-order valence-corrected chi connectivity index (χ2v) is 11.2. The number of aromatic nitrogens is 2. The normalized spacial score (nSPS) is 12.4. The zero-order valence-electron chi connectivity index (χ0n) is 23.1. The maximum absolute atomic E-state index is 13.5. The van der Waals surface area contributed by atoms with E-state index in [1.165, 1.54) is 16.8 Å². The first-order valence-corrected chi connectivity index (χ1v) is 14.4. The number of hydrogen-bond donors (Lipinski definition) is 3. The van der Waals surface area contributed by atoms with Gasteiger partial charge in [-0.2, -0.15) is 9.78 Å². The van der Waals surface area contributed by atoms with Crippen molar-refractivity contribution >= 4 is 27.6 Å². The zero-order chi connectivity index (χ0) is 28.9. The number of amides is 1. The smallest absolute Gasteiger partial charge is 0.356 e. The summed E-state index contributed by atoms with van der Waals surface area (Å²) in [4.78, 5) is 24.4. The van der Waals surface area contributed by atoms with Crippen molar-refractivity contribution in [1.82, 2.24) is 14.5 Å². The number of aryl methyl sites for hydroxylation is 1. The van der Waals surface area contributed by atoms with Crippen molar-refractivity contribution in [2.75, 3.05) is 5.32 Å². The van der Waals surface area contributed by atoms with Gasteiger partial charge in [0, 0.05) is 23.2 Å². The molecule has 10 nitrogen and oxygen atoms in total. The van der Waals surface area contributed by atoms with Crippen molar-refractivity contribution in [2.24, 2.45) is 5.92 Å². The van der Waals surface area contributed by atoms with Crippen molar-refractivity contribution in [2.45, 2.75) is 71.7 Å². The minimum atomic E-state index is -4.09. The maximum Gasteiger partial charge on any atom is 0.356 e. The Kier molecular flexibility index (Phi) is 9.52. The van der Waals surface area contributed by atoms with Crippen molar-refractivity contribution in [1.29, 1.82) is 0 Å². The molecule has 0 aliphatic heterocycles. The predicted molar refractivity (Wildman–Crippen MR) is 149 cm³/mol. The molecule has 0 bridgehead atoms. The fourth-order valence-corrected chi connectivity index (χ4v) is 5.44. The molecular weight excluding hydrogens is 520 g/mol. The Bertz CT molecular complexity index is 1440. The van der Waals surface area contributed by atoms with Crippen LogP contribution in [0.15, 0.2) is 47.4 Å². The summed E-state index contributed by atoms with van der Waals surface area (Å²) in [5.74, 6) is -1.63. The summed E-state index contributed by atoms with van der Waals surface area (Å²) >= 11 is 0. The van der Waals surface area contributed by atoms with Gasteiger partial charge >= 0.3 is 5.97 Å². The molecule has 0 aliphatic carbocycles. The van der Waals surface area contributed by atoms with E-state index in [0.29, 0.717) is 30.6 Å². The van der Waals surface area contributed by atoms with Crippen LogP contribution in [-0.2, 0) is 14.8 Å². The molecule has 0 saturated heterocycles. The van der Waals surface area contributed by atoms with Gasteiger partial charge in [0.05, 0.1) is 5.69 Å². The summed E-state index contributed by atoms with van der Waals surface area (Å²) in [5, 5.41) is 16.7. The lowest BCUT2D eigenvalue weighted by atomic mass is 10.0. The number of sulfonamides is 1. The zero-order valence-corrected chi connectivity index (χ0v) is 23.9. The molecule has 0 saturated carbocycles. The fourth-order valence-electron chi connectivity index (χ4n) is 3.96. The van der Waals surface area contributed by atoms with Gasteiger partial charge in [-0.15, -0.1) is 0 Å². The molecule has 1 atom stereocenters. The Hall–Kier alpha value is -3.70. The van der Waals surface area contributed by atoms with Gasteiger partial charge < -0.3 is 15.2 Å². The predicted octanol–water partition coefficient (Wildman–Crippen LogP) is 5.43. The molecule has 1 aromatic heterocycles. The van der Waals surface area contributed by atoms with Gasteiger partial charge in [-0.05, 0) is 70.4 Å². The highest BCUT2D eigenvalue weighted by molar-refractivity contribution is 7.89. The molecule has 0 radical (unpaired) electrons. The van der Waals surface area contributed by atoms with E-state index in [9.17, 15) is 23.1 Å². The average Bonchev–Trinajstić information content (AvgIpc) is 3.21. The molecule has 0 unspecified atom stereocenters. The van der Waals surface area contributed by atoms with E-state index in [2.05, 4.69) is 15.1 Å². The molecule has 11 heteroatoms. The van der Waals surface area contributed by atoms with Crippen LogP contribution in [-0.4, -0.2) is 41.2 Å².